The van der Waals surface area contributed by atoms with Crippen LogP contribution in [0, 0.1) is 12.8 Å². The quantitative estimate of drug-likeness (QED) is 0.904. The number of aromatic nitrogens is 2. The second-order valence-electron chi connectivity index (χ2n) is 5.91. The molecule has 1 aliphatic carbocycles. The van der Waals surface area contributed by atoms with Gasteiger partial charge in [0.05, 0.1) is 12.6 Å². The van der Waals surface area contributed by atoms with Crippen LogP contribution in [0.4, 0.5) is 0 Å². The number of piperidine rings is 1. The largest absolute Gasteiger partial charge is 0.424 e. The molecule has 106 valence electrons. The number of aliphatic hydroxyl groups excluding tert-OH is 1. The van der Waals surface area contributed by atoms with Crippen LogP contribution in [0.3, 0.4) is 0 Å². The van der Waals surface area contributed by atoms with Crippen LogP contribution in [0.15, 0.2) is 4.42 Å². The van der Waals surface area contributed by atoms with Gasteiger partial charge in [-0.15, -0.1) is 10.2 Å². The maximum atomic E-state index is 10.2. The van der Waals surface area contributed by atoms with E-state index in [0.29, 0.717) is 23.7 Å². The van der Waals surface area contributed by atoms with Crippen molar-refractivity contribution in [2.24, 2.45) is 5.92 Å². The molecule has 0 bridgehead atoms. The molecule has 0 spiro atoms. The van der Waals surface area contributed by atoms with E-state index in [1.807, 2.05) is 6.92 Å². The van der Waals surface area contributed by atoms with Crippen molar-refractivity contribution in [2.45, 2.75) is 64.1 Å². The molecule has 1 aromatic rings. The molecule has 5 nitrogen and oxygen atoms in total. The molecule has 0 radical (unpaired) electrons. The van der Waals surface area contributed by atoms with E-state index in [9.17, 15) is 5.11 Å². The van der Waals surface area contributed by atoms with Gasteiger partial charge < -0.3 is 9.52 Å². The van der Waals surface area contributed by atoms with Gasteiger partial charge in [-0.3, -0.25) is 4.90 Å². The first-order valence-corrected chi connectivity index (χ1v) is 7.45. The highest BCUT2D eigenvalue weighted by atomic mass is 16.4. The van der Waals surface area contributed by atoms with Crippen molar-refractivity contribution in [3.63, 3.8) is 0 Å². The zero-order valence-electron chi connectivity index (χ0n) is 11.6. The lowest BCUT2D eigenvalue weighted by Crippen LogP contribution is -2.45. The van der Waals surface area contributed by atoms with Crippen LogP contribution in [-0.4, -0.2) is 38.9 Å². The highest BCUT2D eigenvalue weighted by Crippen LogP contribution is 2.35. The van der Waals surface area contributed by atoms with E-state index in [0.717, 1.165) is 32.4 Å². The summed E-state index contributed by atoms with van der Waals surface area (Å²) in [6.07, 6.45) is 6.86. The van der Waals surface area contributed by atoms with Gasteiger partial charge in [-0.05, 0) is 32.2 Å². The van der Waals surface area contributed by atoms with E-state index in [1.165, 1.54) is 19.3 Å². The molecule has 1 N–H and O–H groups in total. The van der Waals surface area contributed by atoms with E-state index in [1.54, 1.807) is 0 Å². The molecule has 2 aliphatic rings. The Morgan fingerprint density at radius 3 is 2.79 bits per heavy atom. The average molecular weight is 265 g/mol. The highest BCUT2D eigenvalue weighted by Gasteiger charge is 2.37. The van der Waals surface area contributed by atoms with Crippen LogP contribution >= 0.6 is 0 Å². The highest BCUT2D eigenvalue weighted by molar-refractivity contribution is 4.92. The molecular weight excluding hydrogens is 242 g/mol. The Balaban J connectivity index is 1.70. The maximum Gasteiger partial charge on any atom is 0.230 e. The first-order chi connectivity index (χ1) is 9.24. The molecule has 2 heterocycles. The second-order valence-corrected chi connectivity index (χ2v) is 5.91. The van der Waals surface area contributed by atoms with Crippen LogP contribution in [-0.2, 0) is 6.54 Å². The summed E-state index contributed by atoms with van der Waals surface area (Å²) < 4.78 is 5.50. The molecule has 0 aromatic carbocycles. The molecule has 19 heavy (non-hydrogen) atoms. The fraction of sp³-hybridized carbons (Fsp3) is 0.857. The van der Waals surface area contributed by atoms with Gasteiger partial charge in [-0.25, -0.2) is 0 Å². The Morgan fingerprint density at radius 2 is 2.11 bits per heavy atom. The van der Waals surface area contributed by atoms with Gasteiger partial charge >= 0.3 is 0 Å². The molecule has 3 atom stereocenters. The summed E-state index contributed by atoms with van der Waals surface area (Å²) in [5.41, 5.74) is 0. The number of rotatable bonds is 3. The number of nitrogens with zero attached hydrogens (tertiary/aromatic N) is 3. The van der Waals surface area contributed by atoms with E-state index < -0.39 is 0 Å². The summed E-state index contributed by atoms with van der Waals surface area (Å²) in [5, 5.41) is 18.1. The molecule has 0 amide bonds. The smallest absolute Gasteiger partial charge is 0.230 e. The third kappa shape index (κ3) is 2.82. The van der Waals surface area contributed by atoms with E-state index in [2.05, 4.69) is 15.1 Å². The minimum absolute atomic E-state index is 0.116. The first kappa shape index (κ1) is 13.1. The normalized spacial score (nSPS) is 32.8. The van der Waals surface area contributed by atoms with Gasteiger partial charge in [0.2, 0.25) is 11.8 Å². The average Bonchev–Trinajstić information content (AvgIpc) is 2.99. The number of hydrogen-bond donors (Lipinski definition) is 1. The van der Waals surface area contributed by atoms with Gasteiger partial charge in [0.1, 0.15) is 0 Å². The van der Waals surface area contributed by atoms with Crippen LogP contribution < -0.4 is 0 Å². The van der Waals surface area contributed by atoms with Crippen molar-refractivity contribution in [2.75, 3.05) is 6.54 Å². The van der Waals surface area contributed by atoms with Gasteiger partial charge in [-0.2, -0.15) is 0 Å². The van der Waals surface area contributed by atoms with Crippen molar-refractivity contribution in [3.8, 4) is 0 Å². The Kier molecular flexibility index (Phi) is 3.84. The van der Waals surface area contributed by atoms with Crippen molar-refractivity contribution < 1.29 is 9.52 Å². The monoisotopic (exact) mass is 265 g/mol. The summed E-state index contributed by atoms with van der Waals surface area (Å²) in [6.45, 7) is 3.63. The molecule has 3 rings (SSSR count). The van der Waals surface area contributed by atoms with Gasteiger partial charge in [-0.1, -0.05) is 12.8 Å². The van der Waals surface area contributed by atoms with Gasteiger partial charge in [0, 0.05) is 18.9 Å². The standard InChI is InChI=1S/C14H23N3O2/c1-10-15-16-14(19-10)9-17-8-3-2-6-12(17)11-5-4-7-13(11)18/h11-13,18H,2-9H2,1H3. The van der Waals surface area contributed by atoms with Crippen LogP contribution in [0.1, 0.15) is 50.3 Å². The SMILES string of the molecule is Cc1nnc(CN2CCCCC2C2CCCC2O)o1. The summed E-state index contributed by atoms with van der Waals surface area (Å²) in [4.78, 5) is 2.44. The Bertz CT molecular complexity index is 421. The van der Waals surface area contributed by atoms with Crippen molar-refractivity contribution in [1.29, 1.82) is 0 Å². The molecule has 1 saturated heterocycles. The minimum atomic E-state index is -0.116. The first-order valence-electron chi connectivity index (χ1n) is 7.45. The Labute approximate surface area is 114 Å². The van der Waals surface area contributed by atoms with Crippen LogP contribution in [0.2, 0.25) is 0 Å². The molecular formula is C14H23N3O2. The Morgan fingerprint density at radius 1 is 1.21 bits per heavy atom. The molecule has 2 fully saturated rings. The Hall–Kier alpha value is -0.940. The summed E-state index contributed by atoms with van der Waals surface area (Å²) in [6, 6.07) is 0.485. The number of likely N-dealkylation sites (tertiary alicyclic amines) is 1. The van der Waals surface area contributed by atoms with Crippen LogP contribution in [0.25, 0.3) is 0 Å². The zero-order chi connectivity index (χ0) is 13.2. The third-order valence-corrected chi connectivity index (χ3v) is 4.60. The van der Waals surface area contributed by atoms with Crippen molar-refractivity contribution in [1.82, 2.24) is 15.1 Å². The van der Waals surface area contributed by atoms with Gasteiger partial charge in [0.15, 0.2) is 0 Å². The van der Waals surface area contributed by atoms with Crippen molar-refractivity contribution in [3.05, 3.63) is 11.8 Å². The van der Waals surface area contributed by atoms with Gasteiger partial charge in [0.25, 0.3) is 0 Å². The van der Waals surface area contributed by atoms with E-state index >= 15 is 0 Å². The topological polar surface area (TPSA) is 62.4 Å². The molecule has 5 heteroatoms. The molecule has 1 aromatic heterocycles. The fourth-order valence-electron chi connectivity index (χ4n) is 3.69. The minimum Gasteiger partial charge on any atom is -0.424 e. The zero-order valence-corrected chi connectivity index (χ0v) is 11.6. The molecule has 3 unspecified atom stereocenters. The summed E-state index contributed by atoms with van der Waals surface area (Å²) >= 11 is 0. The summed E-state index contributed by atoms with van der Waals surface area (Å²) in [7, 11) is 0. The maximum absolute atomic E-state index is 10.2. The lowest BCUT2D eigenvalue weighted by Gasteiger charge is -2.39. The lowest BCUT2D eigenvalue weighted by molar-refractivity contribution is 0.0270. The fourth-order valence-corrected chi connectivity index (χ4v) is 3.69. The van der Waals surface area contributed by atoms with Crippen molar-refractivity contribution >= 4 is 0 Å². The number of aryl methyl sites for hydroxylation is 1. The molecule has 1 saturated carbocycles. The lowest BCUT2D eigenvalue weighted by atomic mass is 9.88. The number of aliphatic hydroxyl groups is 1. The predicted molar refractivity (Wildman–Crippen MR) is 70.4 cm³/mol. The predicted octanol–water partition coefficient (Wildman–Crippen LogP) is 1.89. The summed E-state index contributed by atoms with van der Waals surface area (Å²) in [5.74, 6) is 1.77. The van der Waals surface area contributed by atoms with Crippen LogP contribution in [0.5, 0.6) is 0 Å². The molecule has 1 aliphatic heterocycles. The van der Waals surface area contributed by atoms with E-state index in [4.69, 9.17) is 4.42 Å². The van der Waals surface area contributed by atoms with E-state index in [-0.39, 0.29) is 6.10 Å². The second kappa shape index (κ2) is 5.59. The third-order valence-electron chi connectivity index (χ3n) is 4.60. The number of hydrogen-bond acceptors (Lipinski definition) is 5.